The predicted octanol–water partition coefficient (Wildman–Crippen LogP) is 1.22. The summed E-state index contributed by atoms with van der Waals surface area (Å²) in [5.41, 5.74) is 0. The first-order valence-corrected chi connectivity index (χ1v) is 5.89. The molecule has 0 bridgehead atoms. The fourth-order valence-electron chi connectivity index (χ4n) is 0.969. The Balaban J connectivity index is 3.41. The lowest BCUT2D eigenvalue weighted by molar-refractivity contribution is 0.137. The highest BCUT2D eigenvalue weighted by atomic mass is 16.6. The quantitative estimate of drug-likeness (QED) is 0.393. The molecule has 19 heavy (non-hydrogen) atoms. The zero-order valence-electron chi connectivity index (χ0n) is 10.7. The molecule has 0 atom stereocenters. The van der Waals surface area contributed by atoms with Crippen molar-refractivity contribution in [2.24, 2.45) is 0 Å². The van der Waals surface area contributed by atoms with Gasteiger partial charge in [0.2, 0.25) is 0 Å². The van der Waals surface area contributed by atoms with E-state index in [0.29, 0.717) is 25.7 Å². The number of carbonyl (C=O) groups excluding carboxylic acids is 2. The summed E-state index contributed by atoms with van der Waals surface area (Å²) < 4.78 is 9.56. The summed E-state index contributed by atoms with van der Waals surface area (Å²) in [6.07, 6.45) is 11.2. The third kappa shape index (κ3) is 11.9. The summed E-state index contributed by atoms with van der Waals surface area (Å²) in [4.78, 5) is 22.2. The van der Waals surface area contributed by atoms with Crippen LogP contribution in [0.5, 0.6) is 0 Å². The van der Waals surface area contributed by atoms with Crippen LogP contribution in [0.1, 0.15) is 25.7 Å². The van der Waals surface area contributed by atoms with Crippen molar-refractivity contribution in [2.75, 3.05) is 19.9 Å². The highest BCUT2D eigenvalue weighted by Gasteiger charge is 2.03. The molecule has 0 heterocycles. The van der Waals surface area contributed by atoms with Gasteiger partial charge in [0, 0.05) is 12.8 Å². The molecule has 0 fully saturated rings. The Bertz CT molecular complexity index is 321. The predicted molar refractivity (Wildman–Crippen MR) is 70.0 cm³/mol. The maximum absolute atomic E-state index is 11.1. The first-order chi connectivity index (χ1) is 9.20. The highest BCUT2D eigenvalue weighted by Crippen LogP contribution is 1.89. The first kappa shape index (κ1) is 16.7. The van der Waals surface area contributed by atoms with Gasteiger partial charge in [-0.2, -0.15) is 0 Å². The Morgan fingerprint density at radius 3 is 1.68 bits per heavy atom. The molecule has 6 heteroatoms. The van der Waals surface area contributed by atoms with Gasteiger partial charge in [-0.25, -0.2) is 9.59 Å². The third-order valence-corrected chi connectivity index (χ3v) is 1.86. The third-order valence-electron chi connectivity index (χ3n) is 1.86. The van der Waals surface area contributed by atoms with Gasteiger partial charge >= 0.3 is 12.2 Å². The second-order valence-electron chi connectivity index (χ2n) is 3.42. The number of nitrogens with one attached hydrogen (secondary N) is 2. The number of alkyl carbamates (subject to hydrolysis) is 2. The number of ether oxygens (including phenoxy) is 2. The largest absolute Gasteiger partial charge is 0.449 e. The molecule has 0 aliphatic carbocycles. The molecule has 0 aromatic carbocycles. The lowest BCUT2D eigenvalue weighted by Gasteiger charge is -2.08. The summed E-state index contributed by atoms with van der Waals surface area (Å²) in [7, 11) is 0. The fourth-order valence-corrected chi connectivity index (χ4v) is 0.969. The van der Waals surface area contributed by atoms with Crippen molar-refractivity contribution in [1.82, 2.24) is 10.6 Å². The molecule has 2 amide bonds. The van der Waals surface area contributed by atoms with Gasteiger partial charge in [0.05, 0.1) is 19.9 Å². The smallest absolute Gasteiger partial charge is 0.408 e. The van der Waals surface area contributed by atoms with Crippen LogP contribution in [0, 0.1) is 24.7 Å². The number of amides is 2. The molecule has 0 aliphatic rings. The van der Waals surface area contributed by atoms with E-state index in [9.17, 15) is 9.59 Å². The number of carbonyl (C=O) groups is 2. The molecule has 0 rings (SSSR count). The molecular formula is C13H18N2O4. The maximum atomic E-state index is 11.1. The van der Waals surface area contributed by atoms with Crippen LogP contribution in [0.4, 0.5) is 9.59 Å². The monoisotopic (exact) mass is 266 g/mol. The van der Waals surface area contributed by atoms with Crippen LogP contribution < -0.4 is 10.6 Å². The first-order valence-electron chi connectivity index (χ1n) is 5.89. The Kier molecular flexibility index (Phi) is 10.6. The van der Waals surface area contributed by atoms with Crippen molar-refractivity contribution in [1.29, 1.82) is 0 Å². The standard InChI is InChI=1S/C13H18N2O4/c1-3-5-7-9-18-12(16)14-11-15-13(17)19-10-8-6-4-2/h1-2H,5-11H2,(H,14,16)(H,15,17). The van der Waals surface area contributed by atoms with Gasteiger partial charge in [0.25, 0.3) is 0 Å². The van der Waals surface area contributed by atoms with Gasteiger partial charge in [-0.1, -0.05) is 0 Å². The molecule has 0 aromatic rings. The van der Waals surface area contributed by atoms with Gasteiger partial charge in [0.1, 0.15) is 0 Å². The van der Waals surface area contributed by atoms with Crippen LogP contribution in [-0.4, -0.2) is 32.1 Å². The summed E-state index contributed by atoms with van der Waals surface area (Å²) in [5.74, 6) is 4.86. The van der Waals surface area contributed by atoms with Crippen LogP contribution in [-0.2, 0) is 9.47 Å². The molecular weight excluding hydrogens is 248 g/mol. The molecule has 0 radical (unpaired) electrons. The van der Waals surface area contributed by atoms with Crippen LogP contribution in [0.2, 0.25) is 0 Å². The summed E-state index contributed by atoms with van der Waals surface area (Å²) in [5, 5.41) is 4.67. The van der Waals surface area contributed by atoms with Gasteiger partial charge in [-0.3, -0.25) is 0 Å². The van der Waals surface area contributed by atoms with E-state index in [4.69, 9.17) is 22.3 Å². The van der Waals surface area contributed by atoms with E-state index >= 15 is 0 Å². The van der Waals surface area contributed by atoms with Crippen molar-refractivity contribution in [2.45, 2.75) is 25.7 Å². The Morgan fingerprint density at radius 1 is 0.895 bits per heavy atom. The van der Waals surface area contributed by atoms with Crippen LogP contribution in [0.3, 0.4) is 0 Å². The molecule has 0 saturated carbocycles. The number of terminal acetylenes is 2. The van der Waals surface area contributed by atoms with Crippen molar-refractivity contribution in [3.63, 3.8) is 0 Å². The van der Waals surface area contributed by atoms with E-state index in [-0.39, 0.29) is 19.9 Å². The Hall–Kier alpha value is -2.34. The number of hydrogen-bond acceptors (Lipinski definition) is 4. The number of rotatable bonds is 8. The zero-order valence-corrected chi connectivity index (χ0v) is 10.7. The van der Waals surface area contributed by atoms with E-state index in [1.165, 1.54) is 0 Å². The maximum Gasteiger partial charge on any atom is 0.408 e. The highest BCUT2D eigenvalue weighted by molar-refractivity contribution is 5.69. The molecule has 0 spiro atoms. The minimum Gasteiger partial charge on any atom is -0.449 e. The van der Waals surface area contributed by atoms with Crippen LogP contribution in [0.25, 0.3) is 0 Å². The molecule has 6 nitrogen and oxygen atoms in total. The average Bonchev–Trinajstić information content (AvgIpc) is 2.40. The van der Waals surface area contributed by atoms with E-state index in [1.807, 2.05) is 0 Å². The van der Waals surface area contributed by atoms with Gasteiger partial charge in [-0.15, -0.1) is 24.7 Å². The summed E-state index contributed by atoms with van der Waals surface area (Å²) in [6.45, 7) is 0.418. The van der Waals surface area contributed by atoms with Crippen LogP contribution in [0.15, 0.2) is 0 Å². The molecule has 0 saturated heterocycles. The molecule has 0 aromatic heterocycles. The zero-order chi connectivity index (χ0) is 14.3. The van der Waals surface area contributed by atoms with E-state index in [2.05, 4.69) is 22.5 Å². The van der Waals surface area contributed by atoms with Gasteiger partial charge in [-0.05, 0) is 12.8 Å². The normalized spacial score (nSPS) is 8.74. The minimum absolute atomic E-state index is 0.0675. The van der Waals surface area contributed by atoms with Crippen molar-refractivity contribution >= 4 is 12.2 Å². The Labute approximate surface area is 113 Å². The minimum atomic E-state index is -0.621. The summed E-state index contributed by atoms with van der Waals surface area (Å²) >= 11 is 0. The lowest BCUT2D eigenvalue weighted by Crippen LogP contribution is -2.38. The molecule has 0 unspecified atom stereocenters. The second-order valence-corrected chi connectivity index (χ2v) is 3.42. The number of hydrogen-bond donors (Lipinski definition) is 2. The lowest BCUT2D eigenvalue weighted by atomic mass is 10.3. The molecule has 0 aliphatic heterocycles. The Morgan fingerprint density at radius 2 is 1.32 bits per heavy atom. The van der Waals surface area contributed by atoms with E-state index in [1.54, 1.807) is 0 Å². The van der Waals surface area contributed by atoms with Crippen molar-refractivity contribution in [3.05, 3.63) is 0 Å². The second kappa shape index (κ2) is 12.1. The molecule has 2 N–H and O–H groups in total. The van der Waals surface area contributed by atoms with E-state index in [0.717, 1.165) is 0 Å². The topological polar surface area (TPSA) is 76.7 Å². The fraction of sp³-hybridized carbons (Fsp3) is 0.538. The van der Waals surface area contributed by atoms with Crippen molar-refractivity contribution < 1.29 is 19.1 Å². The van der Waals surface area contributed by atoms with Crippen molar-refractivity contribution in [3.8, 4) is 24.7 Å². The summed E-state index contributed by atoms with van der Waals surface area (Å²) in [6, 6.07) is 0. The molecule has 104 valence electrons. The van der Waals surface area contributed by atoms with Gasteiger partial charge < -0.3 is 20.1 Å². The van der Waals surface area contributed by atoms with Crippen LogP contribution >= 0.6 is 0 Å². The number of unbranched alkanes of at least 4 members (excludes halogenated alkanes) is 2. The average molecular weight is 266 g/mol. The van der Waals surface area contributed by atoms with E-state index < -0.39 is 12.2 Å². The van der Waals surface area contributed by atoms with Gasteiger partial charge in [0.15, 0.2) is 0 Å². The SMILES string of the molecule is C#CCCCOC(=O)NCNC(=O)OCCCC#C.